The van der Waals surface area contributed by atoms with Gasteiger partial charge in [0.25, 0.3) is 5.91 Å². The number of aryl methyl sites for hydroxylation is 1. The summed E-state index contributed by atoms with van der Waals surface area (Å²) in [5.41, 5.74) is 4.73. The zero-order valence-corrected chi connectivity index (χ0v) is 17.9. The van der Waals surface area contributed by atoms with E-state index in [9.17, 15) is 4.79 Å². The Balaban J connectivity index is 0.000000482. The van der Waals surface area contributed by atoms with Crippen LogP contribution in [0.5, 0.6) is 0 Å². The molecule has 0 saturated heterocycles. The van der Waals surface area contributed by atoms with E-state index in [0.717, 1.165) is 39.7 Å². The van der Waals surface area contributed by atoms with Gasteiger partial charge >= 0.3 is 0 Å². The molecule has 0 spiro atoms. The number of methoxy groups -OCH3 is 1. The lowest BCUT2D eigenvalue weighted by Gasteiger charge is -2.23. The number of aliphatic hydroxyl groups is 1. The molecule has 0 aliphatic heterocycles. The van der Waals surface area contributed by atoms with Crippen molar-refractivity contribution in [2.75, 3.05) is 20.3 Å². The number of benzene rings is 1. The number of nitrogens with zero attached hydrogens (tertiary/aromatic N) is 2. The zero-order valence-electron chi connectivity index (χ0n) is 17.1. The van der Waals surface area contributed by atoms with E-state index in [0.29, 0.717) is 12.6 Å². The second-order valence-electron chi connectivity index (χ2n) is 7.27. The number of rotatable bonds is 5. The molecule has 0 bridgehead atoms. The molecule has 1 fully saturated rings. The van der Waals surface area contributed by atoms with Gasteiger partial charge in [-0.05, 0) is 36.6 Å². The average molecular weight is 418 g/mol. The molecule has 29 heavy (non-hydrogen) atoms. The third-order valence-electron chi connectivity index (χ3n) is 5.20. The number of hydrogen-bond donors (Lipinski definition) is 2. The third-order valence-corrected chi connectivity index (χ3v) is 6.02. The molecule has 3 aromatic rings. The first-order chi connectivity index (χ1) is 14.1. The first-order valence-corrected chi connectivity index (χ1v) is 10.9. The van der Waals surface area contributed by atoms with Crippen LogP contribution in [0.15, 0.2) is 36.1 Å². The van der Waals surface area contributed by atoms with E-state index in [1.165, 1.54) is 19.3 Å². The molecule has 2 aromatic heterocycles. The van der Waals surface area contributed by atoms with Crippen LogP contribution < -0.4 is 5.32 Å². The molecule has 1 aromatic carbocycles. The second kappa shape index (κ2) is 10.5. The molecule has 1 aliphatic carbocycles. The monoisotopic (exact) mass is 417 g/mol. The van der Waals surface area contributed by atoms with Crippen LogP contribution in [0.3, 0.4) is 0 Å². The van der Waals surface area contributed by atoms with Gasteiger partial charge in [-0.25, -0.2) is 0 Å². The highest BCUT2D eigenvalue weighted by Gasteiger charge is 2.20. The summed E-state index contributed by atoms with van der Waals surface area (Å²) in [5, 5.41) is 12.2. The van der Waals surface area contributed by atoms with Crippen LogP contribution >= 0.6 is 11.3 Å². The summed E-state index contributed by atoms with van der Waals surface area (Å²) in [6, 6.07) is 6.49. The highest BCUT2D eigenvalue weighted by Crippen LogP contribution is 2.30. The molecule has 7 heteroatoms. The van der Waals surface area contributed by atoms with Crippen molar-refractivity contribution in [1.29, 1.82) is 0 Å². The second-order valence-corrected chi connectivity index (χ2v) is 8.16. The fraction of sp³-hybridized carbons (Fsp3) is 0.455. The molecule has 158 valence electrons. The molecule has 4 rings (SSSR count). The molecular weight excluding hydrogens is 386 g/mol. The Labute approximate surface area is 177 Å². The van der Waals surface area contributed by atoms with Gasteiger partial charge in [0.2, 0.25) is 0 Å². The Morgan fingerprint density at radius 3 is 2.79 bits per heavy atom. The molecule has 0 radical (unpaired) electrons. The van der Waals surface area contributed by atoms with Crippen molar-refractivity contribution < 1.29 is 16.1 Å². The molecule has 0 unspecified atom stereocenters. The highest BCUT2D eigenvalue weighted by molar-refractivity contribution is 7.13. The molecule has 1 amide bonds. The summed E-state index contributed by atoms with van der Waals surface area (Å²) >= 11 is 1.60. The average Bonchev–Trinajstić information content (AvgIpc) is 3.40. The molecule has 1 aliphatic rings. The van der Waals surface area contributed by atoms with Crippen molar-refractivity contribution in [3.63, 3.8) is 0 Å². The number of thiazole rings is 1. The Kier molecular flexibility index (Phi) is 7.80. The van der Waals surface area contributed by atoms with Crippen molar-refractivity contribution in [1.82, 2.24) is 14.9 Å². The SMILES string of the molecule is COCCO.Cn1ccc2c(C(=O)NC3CCCCC3)cc(-c3cncs3)cc21.[HH]. The van der Waals surface area contributed by atoms with Crippen molar-refractivity contribution in [2.24, 2.45) is 7.05 Å². The van der Waals surface area contributed by atoms with E-state index in [1.54, 1.807) is 18.4 Å². The summed E-state index contributed by atoms with van der Waals surface area (Å²) < 4.78 is 6.51. The maximum absolute atomic E-state index is 12.9. The van der Waals surface area contributed by atoms with Crippen LogP contribution in [0.25, 0.3) is 21.3 Å². The van der Waals surface area contributed by atoms with Crippen LogP contribution in [-0.4, -0.2) is 46.9 Å². The number of aromatic nitrogens is 2. The lowest BCUT2D eigenvalue weighted by molar-refractivity contribution is 0.0929. The van der Waals surface area contributed by atoms with E-state index in [4.69, 9.17) is 5.11 Å². The van der Waals surface area contributed by atoms with Crippen LogP contribution in [0.1, 0.15) is 43.9 Å². The first kappa shape index (κ1) is 21.5. The number of fused-ring (bicyclic) bond motifs is 1. The number of hydrogen-bond acceptors (Lipinski definition) is 5. The fourth-order valence-electron chi connectivity index (χ4n) is 3.66. The fourth-order valence-corrected chi connectivity index (χ4v) is 4.27. The Bertz CT molecular complexity index is 919. The van der Waals surface area contributed by atoms with Gasteiger partial charge in [-0.2, -0.15) is 0 Å². The molecule has 6 nitrogen and oxygen atoms in total. The summed E-state index contributed by atoms with van der Waals surface area (Å²) in [4.78, 5) is 18.2. The Morgan fingerprint density at radius 2 is 2.17 bits per heavy atom. The predicted octanol–water partition coefficient (Wildman–Crippen LogP) is 4.24. The quantitative estimate of drug-likeness (QED) is 0.651. The maximum Gasteiger partial charge on any atom is 0.252 e. The Morgan fingerprint density at radius 1 is 1.38 bits per heavy atom. The highest BCUT2D eigenvalue weighted by atomic mass is 32.1. The van der Waals surface area contributed by atoms with E-state index in [-0.39, 0.29) is 13.9 Å². The van der Waals surface area contributed by atoms with E-state index >= 15 is 0 Å². The van der Waals surface area contributed by atoms with Crippen molar-refractivity contribution in [2.45, 2.75) is 38.1 Å². The lowest BCUT2D eigenvalue weighted by Crippen LogP contribution is -2.36. The summed E-state index contributed by atoms with van der Waals surface area (Å²) in [7, 11) is 3.57. The third kappa shape index (κ3) is 5.44. The lowest BCUT2D eigenvalue weighted by atomic mass is 9.95. The zero-order chi connectivity index (χ0) is 20.6. The smallest absolute Gasteiger partial charge is 0.252 e. The van der Waals surface area contributed by atoms with Gasteiger partial charge in [0.05, 0.1) is 23.6 Å². The maximum atomic E-state index is 12.9. The van der Waals surface area contributed by atoms with Crippen LogP contribution in [0.4, 0.5) is 0 Å². The van der Waals surface area contributed by atoms with Gasteiger partial charge in [0.15, 0.2) is 0 Å². The van der Waals surface area contributed by atoms with Gasteiger partial charge in [-0.3, -0.25) is 9.78 Å². The first-order valence-electron chi connectivity index (χ1n) is 10.0. The number of ether oxygens (including phenoxy) is 1. The van der Waals surface area contributed by atoms with E-state index < -0.39 is 0 Å². The Hall–Kier alpha value is -2.22. The van der Waals surface area contributed by atoms with Crippen molar-refractivity contribution in [3.05, 3.63) is 41.7 Å². The number of amides is 1. The molecular formula is C22H31N3O3S. The molecule has 2 N–H and O–H groups in total. The number of carbonyl (C=O) groups excluding carboxylic acids is 1. The molecule has 0 atom stereocenters. The molecule has 2 heterocycles. The van der Waals surface area contributed by atoms with Crippen LogP contribution in [0, 0.1) is 0 Å². The number of aliphatic hydroxyl groups excluding tert-OH is 1. The van der Waals surface area contributed by atoms with Gasteiger partial charge in [0, 0.05) is 50.5 Å². The molecule has 1 saturated carbocycles. The minimum absolute atomic E-state index is 0. The van der Waals surface area contributed by atoms with Crippen LogP contribution in [-0.2, 0) is 11.8 Å². The number of carbonyl (C=O) groups is 1. The summed E-state index contributed by atoms with van der Waals surface area (Å²) in [6.07, 6.45) is 9.78. The standard InChI is InChI=1S/C19H21N3OS.C3H8O2.H2/c1-22-8-7-15-16(19(23)21-14-5-3-2-4-6-14)9-13(10-17(15)22)18-11-20-12-24-18;1-5-3-2-4;/h7-12,14H,2-6H2,1H3,(H,21,23);4H,2-3H2,1H3;1H. The largest absolute Gasteiger partial charge is 0.394 e. The van der Waals surface area contributed by atoms with Crippen LogP contribution in [0.2, 0.25) is 0 Å². The van der Waals surface area contributed by atoms with Crippen molar-refractivity contribution >= 4 is 28.1 Å². The summed E-state index contributed by atoms with van der Waals surface area (Å²) in [6.45, 7) is 0.566. The van der Waals surface area contributed by atoms with E-state index in [2.05, 4.69) is 25.7 Å². The van der Waals surface area contributed by atoms with Gasteiger partial charge in [0.1, 0.15) is 0 Å². The topological polar surface area (TPSA) is 76.4 Å². The van der Waals surface area contributed by atoms with Gasteiger partial charge in [-0.15, -0.1) is 11.3 Å². The normalized spacial score (nSPS) is 14.4. The summed E-state index contributed by atoms with van der Waals surface area (Å²) in [5.74, 6) is 0.0458. The minimum atomic E-state index is 0. The minimum Gasteiger partial charge on any atom is -0.394 e. The van der Waals surface area contributed by atoms with Gasteiger partial charge < -0.3 is 19.7 Å². The predicted molar refractivity (Wildman–Crippen MR) is 119 cm³/mol. The van der Waals surface area contributed by atoms with E-state index in [1.807, 2.05) is 37.1 Å². The van der Waals surface area contributed by atoms with Gasteiger partial charge in [-0.1, -0.05) is 19.3 Å². The van der Waals surface area contributed by atoms with Crippen molar-refractivity contribution in [3.8, 4) is 10.4 Å². The number of nitrogens with one attached hydrogen (secondary N) is 1.